The first-order valence-electron chi connectivity index (χ1n) is 8.80. The van der Waals surface area contributed by atoms with Crippen LogP contribution in [0.4, 0.5) is 5.82 Å². The van der Waals surface area contributed by atoms with E-state index in [4.69, 9.17) is 0 Å². The summed E-state index contributed by atoms with van der Waals surface area (Å²) in [5.41, 5.74) is 2.59. The number of anilines is 1. The van der Waals surface area contributed by atoms with Gasteiger partial charge in [0.25, 0.3) is 0 Å². The van der Waals surface area contributed by atoms with Crippen LogP contribution >= 0.6 is 11.3 Å². The van der Waals surface area contributed by atoms with E-state index in [0.717, 1.165) is 45.7 Å². The van der Waals surface area contributed by atoms with Crippen molar-refractivity contribution in [2.75, 3.05) is 51.2 Å². The highest BCUT2D eigenvalue weighted by molar-refractivity contribution is 7.09. The second-order valence-electron chi connectivity index (χ2n) is 6.77. The predicted molar refractivity (Wildman–Crippen MR) is 98.7 cm³/mol. The fourth-order valence-electron chi connectivity index (χ4n) is 3.64. The lowest BCUT2D eigenvalue weighted by molar-refractivity contribution is 0.259. The number of thiophene rings is 1. The van der Waals surface area contributed by atoms with Crippen molar-refractivity contribution in [1.82, 2.24) is 19.8 Å². The Bertz CT molecular complexity index is 664. The lowest BCUT2D eigenvalue weighted by Crippen LogP contribution is -2.48. The third-order valence-electron chi connectivity index (χ3n) is 5.10. The summed E-state index contributed by atoms with van der Waals surface area (Å²) in [7, 11) is 2.18. The summed E-state index contributed by atoms with van der Waals surface area (Å²) in [6.07, 6.45) is 3.97. The molecule has 2 aliphatic rings. The van der Waals surface area contributed by atoms with Crippen LogP contribution in [0.15, 0.2) is 23.8 Å². The lowest BCUT2D eigenvalue weighted by Gasteiger charge is -2.37. The van der Waals surface area contributed by atoms with E-state index in [1.165, 1.54) is 34.9 Å². The SMILES string of the molecule is CN1CCc2ncnc(N3CCN(CCc4cccs4)CC3)c2C1. The van der Waals surface area contributed by atoms with E-state index in [2.05, 4.69) is 49.2 Å². The van der Waals surface area contributed by atoms with E-state index in [1.54, 1.807) is 6.33 Å². The Kier molecular flexibility index (Phi) is 4.78. The van der Waals surface area contributed by atoms with Crippen molar-refractivity contribution >= 4 is 17.2 Å². The van der Waals surface area contributed by atoms with Crippen molar-refractivity contribution in [2.24, 2.45) is 0 Å². The van der Waals surface area contributed by atoms with Gasteiger partial charge in [-0.3, -0.25) is 4.90 Å². The lowest BCUT2D eigenvalue weighted by atomic mass is 10.1. The monoisotopic (exact) mass is 343 g/mol. The van der Waals surface area contributed by atoms with Crippen LogP contribution in [0.3, 0.4) is 0 Å². The zero-order valence-electron chi connectivity index (χ0n) is 14.3. The largest absolute Gasteiger partial charge is 0.354 e. The van der Waals surface area contributed by atoms with Gasteiger partial charge in [0, 0.05) is 62.7 Å². The fourth-order valence-corrected chi connectivity index (χ4v) is 4.34. The molecule has 128 valence electrons. The van der Waals surface area contributed by atoms with Gasteiger partial charge in [0.2, 0.25) is 0 Å². The molecular formula is C18H25N5S. The molecule has 0 radical (unpaired) electrons. The van der Waals surface area contributed by atoms with Gasteiger partial charge in [0.15, 0.2) is 0 Å². The smallest absolute Gasteiger partial charge is 0.136 e. The first-order chi connectivity index (χ1) is 11.8. The van der Waals surface area contributed by atoms with Gasteiger partial charge in [-0.15, -0.1) is 11.3 Å². The second-order valence-corrected chi connectivity index (χ2v) is 7.80. The molecule has 5 nitrogen and oxygen atoms in total. The first kappa shape index (κ1) is 16.0. The van der Waals surface area contributed by atoms with Gasteiger partial charge in [-0.1, -0.05) is 6.07 Å². The minimum atomic E-state index is 0.976. The Morgan fingerprint density at radius 3 is 2.79 bits per heavy atom. The van der Waals surface area contributed by atoms with Crippen LogP contribution in [0.1, 0.15) is 16.1 Å². The van der Waals surface area contributed by atoms with Gasteiger partial charge in [-0.25, -0.2) is 9.97 Å². The molecule has 0 amide bonds. The molecule has 1 saturated heterocycles. The molecule has 0 N–H and O–H groups in total. The summed E-state index contributed by atoms with van der Waals surface area (Å²) < 4.78 is 0. The topological polar surface area (TPSA) is 35.5 Å². The van der Waals surface area contributed by atoms with Crippen LogP contribution in [0.2, 0.25) is 0 Å². The molecule has 0 saturated carbocycles. The van der Waals surface area contributed by atoms with E-state index < -0.39 is 0 Å². The van der Waals surface area contributed by atoms with E-state index in [1.807, 2.05) is 11.3 Å². The molecule has 0 spiro atoms. The van der Waals surface area contributed by atoms with Crippen molar-refractivity contribution in [2.45, 2.75) is 19.4 Å². The molecule has 0 unspecified atom stereocenters. The maximum Gasteiger partial charge on any atom is 0.136 e. The number of nitrogens with zero attached hydrogens (tertiary/aromatic N) is 5. The Morgan fingerprint density at radius 2 is 2.00 bits per heavy atom. The summed E-state index contributed by atoms with van der Waals surface area (Å²) in [6, 6.07) is 4.39. The molecule has 6 heteroatoms. The zero-order chi connectivity index (χ0) is 16.4. The molecule has 4 heterocycles. The van der Waals surface area contributed by atoms with Gasteiger partial charge < -0.3 is 9.80 Å². The number of piperazine rings is 1. The minimum absolute atomic E-state index is 0.976. The Labute approximate surface area is 147 Å². The Hall–Kier alpha value is -1.50. The van der Waals surface area contributed by atoms with Crippen molar-refractivity contribution in [3.63, 3.8) is 0 Å². The van der Waals surface area contributed by atoms with Crippen molar-refractivity contribution in [3.8, 4) is 0 Å². The summed E-state index contributed by atoms with van der Waals surface area (Å²) in [4.78, 5) is 18.0. The van der Waals surface area contributed by atoms with Gasteiger partial charge >= 0.3 is 0 Å². The molecule has 0 aromatic carbocycles. The fraction of sp³-hybridized carbons (Fsp3) is 0.556. The molecule has 2 aromatic rings. The maximum absolute atomic E-state index is 4.63. The van der Waals surface area contributed by atoms with E-state index in [9.17, 15) is 0 Å². The molecule has 0 bridgehead atoms. The summed E-state index contributed by atoms with van der Waals surface area (Å²) >= 11 is 1.87. The molecule has 2 aliphatic heterocycles. The van der Waals surface area contributed by atoms with Gasteiger partial charge in [-0.05, 0) is 24.9 Å². The number of aromatic nitrogens is 2. The quantitative estimate of drug-likeness (QED) is 0.847. The van der Waals surface area contributed by atoms with Gasteiger partial charge in [-0.2, -0.15) is 0 Å². The van der Waals surface area contributed by atoms with Crippen molar-refractivity contribution in [1.29, 1.82) is 0 Å². The van der Waals surface area contributed by atoms with Gasteiger partial charge in [0.05, 0.1) is 5.69 Å². The number of rotatable bonds is 4. The van der Waals surface area contributed by atoms with Crippen LogP contribution in [0.5, 0.6) is 0 Å². The van der Waals surface area contributed by atoms with E-state index in [0.29, 0.717) is 0 Å². The van der Waals surface area contributed by atoms with Crippen molar-refractivity contribution in [3.05, 3.63) is 40.0 Å². The normalized spacial score (nSPS) is 19.5. The highest BCUT2D eigenvalue weighted by atomic mass is 32.1. The van der Waals surface area contributed by atoms with Crippen LogP contribution < -0.4 is 4.90 Å². The average molecular weight is 344 g/mol. The number of fused-ring (bicyclic) bond motifs is 1. The van der Waals surface area contributed by atoms with Crippen LogP contribution in [0.25, 0.3) is 0 Å². The third kappa shape index (κ3) is 3.45. The van der Waals surface area contributed by atoms with E-state index >= 15 is 0 Å². The second kappa shape index (κ2) is 7.17. The molecule has 1 fully saturated rings. The highest BCUT2D eigenvalue weighted by Gasteiger charge is 2.24. The predicted octanol–water partition coefficient (Wildman–Crippen LogP) is 1.89. The molecule has 0 atom stereocenters. The molecule has 2 aromatic heterocycles. The standard InChI is InChI=1S/C18H25N5S/c1-21-6-5-17-16(13-21)18(20-14-19-17)23-10-8-22(9-11-23)7-4-15-3-2-12-24-15/h2-3,12,14H,4-11,13H2,1H3. The Morgan fingerprint density at radius 1 is 1.12 bits per heavy atom. The van der Waals surface area contributed by atoms with E-state index in [-0.39, 0.29) is 0 Å². The number of hydrogen-bond donors (Lipinski definition) is 0. The highest BCUT2D eigenvalue weighted by Crippen LogP contribution is 2.26. The summed E-state index contributed by atoms with van der Waals surface area (Å²) in [5, 5.41) is 2.17. The average Bonchev–Trinajstić information content (AvgIpc) is 3.13. The minimum Gasteiger partial charge on any atom is -0.354 e. The molecule has 0 aliphatic carbocycles. The number of hydrogen-bond acceptors (Lipinski definition) is 6. The Balaban J connectivity index is 1.38. The van der Waals surface area contributed by atoms with Crippen LogP contribution in [0, 0.1) is 0 Å². The number of likely N-dealkylation sites (N-methyl/N-ethyl adjacent to an activating group) is 1. The van der Waals surface area contributed by atoms with Gasteiger partial charge in [0.1, 0.15) is 12.1 Å². The summed E-state index contributed by atoms with van der Waals surface area (Å²) in [6.45, 7) is 7.62. The third-order valence-corrected chi connectivity index (χ3v) is 6.03. The summed E-state index contributed by atoms with van der Waals surface area (Å²) in [5.74, 6) is 1.17. The maximum atomic E-state index is 4.63. The van der Waals surface area contributed by atoms with Crippen LogP contribution in [-0.2, 0) is 19.4 Å². The zero-order valence-corrected chi connectivity index (χ0v) is 15.1. The molecular weight excluding hydrogens is 318 g/mol. The molecule has 4 rings (SSSR count). The molecule has 24 heavy (non-hydrogen) atoms. The van der Waals surface area contributed by atoms with Crippen molar-refractivity contribution < 1.29 is 0 Å². The first-order valence-corrected chi connectivity index (χ1v) is 9.68. The van der Waals surface area contributed by atoms with Crippen LogP contribution in [-0.4, -0.2) is 66.1 Å².